The summed E-state index contributed by atoms with van der Waals surface area (Å²) in [5.74, 6) is 1.41. The highest BCUT2D eigenvalue weighted by Crippen LogP contribution is 2.36. The second-order valence-corrected chi connectivity index (χ2v) is 9.27. The minimum Gasteiger partial charge on any atom is -0.399 e. The largest absolute Gasteiger partial charge is 0.494 e. The van der Waals surface area contributed by atoms with Crippen molar-refractivity contribution in [1.82, 2.24) is 14.8 Å². The van der Waals surface area contributed by atoms with Gasteiger partial charge in [-0.1, -0.05) is 12.1 Å². The lowest BCUT2D eigenvalue weighted by Gasteiger charge is -2.32. The van der Waals surface area contributed by atoms with Crippen molar-refractivity contribution < 1.29 is 9.31 Å². The fraction of sp³-hybridized carbons (Fsp3) is 0.391. The van der Waals surface area contributed by atoms with Gasteiger partial charge in [0, 0.05) is 30.5 Å². The molecule has 5 rings (SSSR count). The van der Waals surface area contributed by atoms with Crippen molar-refractivity contribution in [3.05, 3.63) is 48.0 Å². The van der Waals surface area contributed by atoms with E-state index in [0.717, 1.165) is 29.7 Å². The van der Waals surface area contributed by atoms with Crippen molar-refractivity contribution in [2.75, 3.05) is 17.2 Å². The molecular formula is C23H28BN5O2. The molecule has 0 radical (unpaired) electrons. The van der Waals surface area contributed by atoms with E-state index in [1.165, 1.54) is 11.3 Å². The van der Waals surface area contributed by atoms with E-state index in [9.17, 15) is 0 Å². The lowest BCUT2D eigenvalue weighted by atomic mass is 9.79. The van der Waals surface area contributed by atoms with Crippen molar-refractivity contribution >= 4 is 29.9 Å². The number of benzene rings is 2. The molecule has 0 bridgehead atoms. The first-order chi connectivity index (χ1) is 14.7. The van der Waals surface area contributed by atoms with Crippen molar-refractivity contribution in [3.63, 3.8) is 0 Å². The zero-order chi connectivity index (χ0) is 21.8. The summed E-state index contributed by atoms with van der Waals surface area (Å²) in [5.41, 5.74) is 4.78. The molecule has 0 unspecified atom stereocenters. The summed E-state index contributed by atoms with van der Waals surface area (Å²) in [6.45, 7) is 9.24. The topological polar surface area (TPSA) is 73.2 Å². The Kier molecular flexibility index (Phi) is 4.60. The lowest BCUT2D eigenvalue weighted by Crippen LogP contribution is -2.41. The molecule has 3 heterocycles. The molecule has 0 aliphatic carbocycles. The SMILES string of the molecule is Cn1nc(-c2ccc3c(c2)CCN3)nc1Nc1ccc(B2OC(C)(C)C(C)(C)O2)cc1. The van der Waals surface area contributed by atoms with Crippen molar-refractivity contribution in [3.8, 4) is 11.4 Å². The number of fused-ring (bicyclic) bond motifs is 1. The molecule has 160 valence electrons. The number of nitrogens with zero attached hydrogens (tertiary/aromatic N) is 3. The molecule has 2 aliphatic heterocycles. The molecule has 0 spiro atoms. The van der Waals surface area contributed by atoms with Crippen LogP contribution >= 0.6 is 0 Å². The van der Waals surface area contributed by atoms with Gasteiger partial charge in [0.2, 0.25) is 5.95 Å². The first kappa shape index (κ1) is 20.1. The maximum atomic E-state index is 6.14. The van der Waals surface area contributed by atoms with Crippen LogP contribution in [0.15, 0.2) is 42.5 Å². The predicted octanol–water partition coefficient (Wildman–Crippen LogP) is 3.49. The number of aromatic nitrogens is 3. The number of rotatable bonds is 4. The van der Waals surface area contributed by atoms with Gasteiger partial charge in [-0.3, -0.25) is 0 Å². The quantitative estimate of drug-likeness (QED) is 0.634. The van der Waals surface area contributed by atoms with Crippen molar-refractivity contribution in [2.45, 2.75) is 45.3 Å². The molecule has 0 saturated carbocycles. The van der Waals surface area contributed by atoms with Crippen LogP contribution in [0.3, 0.4) is 0 Å². The van der Waals surface area contributed by atoms with Gasteiger partial charge in [0.15, 0.2) is 5.82 Å². The van der Waals surface area contributed by atoms with Crippen LogP contribution in [0.5, 0.6) is 0 Å². The van der Waals surface area contributed by atoms with E-state index in [-0.39, 0.29) is 18.3 Å². The van der Waals surface area contributed by atoms with Gasteiger partial charge in [-0.05, 0) is 75.5 Å². The molecule has 0 atom stereocenters. The first-order valence-corrected chi connectivity index (χ1v) is 10.7. The summed E-state index contributed by atoms with van der Waals surface area (Å²) in [4.78, 5) is 4.71. The van der Waals surface area contributed by atoms with Gasteiger partial charge in [0.25, 0.3) is 0 Å². The summed E-state index contributed by atoms with van der Waals surface area (Å²) in [7, 11) is 1.53. The molecule has 3 aromatic rings. The second-order valence-electron chi connectivity index (χ2n) is 9.27. The second kappa shape index (κ2) is 7.10. The van der Waals surface area contributed by atoms with Gasteiger partial charge >= 0.3 is 7.12 Å². The van der Waals surface area contributed by atoms with E-state index >= 15 is 0 Å². The average Bonchev–Trinajstić information content (AvgIpc) is 3.38. The fourth-order valence-electron chi connectivity index (χ4n) is 3.89. The smallest absolute Gasteiger partial charge is 0.399 e. The van der Waals surface area contributed by atoms with Crippen molar-refractivity contribution in [2.24, 2.45) is 7.05 Å². The van der Waals surface area contributed by atoms with E-state index in [0.29, 0.717) is 11.8 Å². The maximum Gasteiger partial charge on any atom is 0.494 e. The number of nitrogens with one attached hydrogen (secondary N) is 2. The van der Waals surface area contributed by atoms with Crippen LogP contribution in [0.4, 0.5) is 17.3 Å². The van der Waals surface area contributed by atoms with Gasteiger partial charge < -0.3 is 19.9 Å². The predicted molar refractivity (Wildman–Crippen MR) is 124 cm³/mol. The number of anilines is 3. The molecular weight excluding hydrogens is 389 g/mol. The highest BCUT2D eigenvalue weighted by molar-refractivity contribution is 6.62. The molecule has 2 N–H and O–H groups in total. The van der Waals surface area contributed by atoms with E-state index < -0.39 is 0 Å². The maximum absolute atomic E-state index is 6.14. The third kappa shape index (κ3) is 3.60. The van der Waals surface area contributed by atoms with E-state index in [1.54, 1.807) is 4.68 Å². The Hall–Kier alpha value is -2.84. The molecule has 1 aromatic heterocycles. The highest BCUT2D eigenvalue weighted by Gasteiger charge is 2.51. The summed E-state index contributed by atoms with van der Waals surface area (Å²) in [6, 6.07) is 14.4. The molecule has 0 amide bonds. The Bertz CT molecular complexity index is 1110. The molecule has 7 nitrogen and oxygen atoms in total. The monoisotopic (exact) mass is 417 g/mol. The first-order valence-electron chi connectivity index (χ1n) is 10.7. The van der Waals surface area contributed by atoms with Crippen LogP contribution in [-0.2, 0) is 22.8 Å². The zero-order valence-corrected chi connectivity index (χ0v) is 18.7. The molecule has 2 aliphatic rings. The van der Waals surface area contributed by atoms with Gasteiger partial charge in [-0.2, -0.15) is 4.98 Å². The summed E-state index contributed by atoms with van der Waals surface area (Å²) in [5, 5.41) is 11.3. The Morgan fingerprint density at radius 3 is 2.45 bits per heavy atom. The standard InChI is InChI=1S/C23H28BN5O2/c1-22(2)23(3,4)31-24(30-22)17-7-9-18(10-8-17)26-21-27-20(28-29(21)5)16-6-11-19-15(14-16)12-13-25-19/h6-11,14,25H,12-13H2,1-5H3,(H,26,27,28). The van der Waals surface area contributed by atoms with Crippen LogP contribution in [0, 0.1) is 0 Å². The Morgan fingerprint density at radius 1 is 1.03 bits per heavy atom. The average molecular weight is 417 g/mol. The van der Waals surface area contributed by atoms with Gasteiger partial charge in [-0.25, -0.2) is 4.68 Å². The zero-order valence-electron chi connectivity index (χ0n) is 18.7. The number of hydrogen-bond acceptors (Lipinski definition) is 6. The molecule has 8 heteroatoms. The Labute approximate surface area is 183 Å². The van der Waals surface area contributed by atoms with E-state index in [2.05, 4.69) is 61.6 Å². The van der Waals surface area contributed by atoms with Gasteiger partial charge in [-0.15, -0.1) is 5.10 Å². The molecule has 2 aromatic carbocycles. The minimum atomic E-state index is -0.366. The van der Waals surface area contributed by atoms with Crippen LogP contribution < -0.4 is 16.1 Å². The Balaban J connectivity index is 1.32. The lowest BCUT2D eigenvalue weighted by molar-refractivity contribution is 0.00578. The molecule has 31 heavy (non-hydrogen) atoms. The van der Waals surface area contributed by atoms with E-state index in [4.69, 9.17) is 14.3 Å². The van der Waals surface area contributed by atoms with Crippen LogP contribution in [0.25, 0.3) is 11.4 Å². The van der Waals surface area contributed by atoms with Crippen LogP contribution in [-0.4, -0.2) is 39.6 Å². The summed E-state index contributed by atoms with van der Waals surface area (Å²) >= 11 is 0. The summed E-state index contributed by atoms with van der Waals surface area (Å²) < 4.78 is 14.0. The minimum absolute atomic E-state index is 0.350. The summed E-state index contributed by atoms with van der Waals surface area (Å²) in [6.07, 6.45) is 1.04. The molecule has 1 saturated heterocycles. The number of hydrogen-bond donors (Lipinski definition) is 2. The van der Waals surface area contributed by atoms with Gasteiger partial charge in [0.05, 0.1) is 11.2 Å². The van der Waals surface area contributed by atoms with Crippen LogP contribution in [0.2, 0.25) is 0 Å². The van der Waals surface area contributed by atoms with Gasteiger partial charge in [0.1, 0.15) is 0 Å². The third-order valence-electron chi connectivity index (χ3n) is 6.53. The Morgan fingerprint density at radius 2 is 1.74 bits per heavy atom. The fourth-order valence-corrected chi connectivity index (χ4v) is 3.89. The third-order valence-corrected chi connectivity index (χ3v) is 6.53. The highest BCUT2D eigenvalue weighted by atomic mass is 16.7. The van der Waals surface area contributed by atoms with E-state index in [1.807, 2.05) is 31.3 Å². The molecule has 1 fully saturated rings. The number of aryl methyl sites for hydroxylation is 1. The van der Waals surface area contributed by atoms with Crippen molar-refractivity contribution in [1.29, 1.82) is 0 Å². The normalized spacial score (nSPS) is 18.7. The van der Waals surface area contributed by atoms with Crippen LogP contribution in [0.1, 0.15) is 33.3 Å².